The average Bonchev–Trinajstić information content (AvgIpc) is 3.34. The minimum absolute atomic E-state index is 0.0694. The van der Waals surface area contributed by atoms with Crippen molar-refractivity contribution in [3.05, 3.63) is 65.3 Å². The normalized spacial score (nSPS) is 11.9. The number of anilines is 1. The molecule has 0 aliphatic heterocycles. The third kappa shape index (κ3) is 5.29. The molecule has 9 nitrogen and oxygen atoms in total. The van der Waals surface area contributed by atoms with Gasteiger partial charge in [-0.05, 0) is 43.7 Å². The molecule has 0 aliphatic carbocycles. The Morgan fingerprint density at radius 2 is 2.05 bits per heavy atom. The first-order valence-corrected chi connectivity index (χ1v) is 12.6. The molecule has 0 fully saturated rings. The summed E-state index contributed by atoms with van der Waals surface area (Å²) in [6.07, 6.45) is 3.27. The third-order valence-corrected chi connectivity index (χ3v) is 6.81. The molecule has 3 aromatic heterocycles. The molecule has 3 heterocycles. The van der Waals surface area contributed by atoms with Gasteiger partial charge >= 0.3 is 6.09 Å². The van der Waals surface area contributed by atoms with E-state index in [9.17, 15) is 4.79 Å². The number of nitrogens with zero attached hydrogens (tertiary/aromatic N) is 4. The van der Waals surface area contributed by atoms with E-state index < -0.39 is 18.0 Å². The van der Waals surface area contributed by atoms with Crippen LogP contribution in [-0.4, -0.2) is 45.8 Å². The molecule has 0 saturated heterocycles. The van der Waals surface area contributed by atoms with Crippen LogP contribution in [0.2, 0.25) is 5.02 Å². The van der Waals surface area contributed by atoms with Gasteiger partial charge in [-0.2, -0.15) is 0 Å². The first-order chi connectivity index (χ1) is 18.3. The summed E-state index contributed by atoms with van der Waals surface area (Å²) in [6.45, 7) is 3.47. The van der Waals surface area contributed by atoms with E-state index in [-0.39, 0.29) is 17.4 Å². The molecule has 0 bridgehead atoms. The molecule has 0 aliphatic rings. The number of thiazole rings is 1. The molecule has 194 valence electrons. The summed E-state index contributed by atoms with van der Waals surface area (Å²) < 4.78 is 31.9. The van der Waals surface area contributed by atoms with Gasteiger partial charge in [0.05, 0.1) is 40.9 Å². The van der Waals surface area contributed by atoms with Gasteiger partial charge in [0.1, 0.15) is 28.3 Å². The van der Waals surface area contributed by atoms with Crippen LogP contribution in [0.15, 0.2) is 48.9 Å². The first-order valence-electron chi connectivity index (χ1n) is 11.4. The van der Waals surface area contributed by atoms with Crippen molar-refractivity contribution >= 4 is 56.0 Å². The number of amides is 1. The molecular weight excluding hydrogens is 533 g/mol. The second-order valence-corrected chi connectivity index (χ2v) is 9.76. The summed E-state index contributed by atoms with van der Waals surface area (Å²) in [7, 11) is 1.53. The standard InChI is InChI=1S/C26H21ClFN5O4S/c1-13-7-16(23-17(8-13)32-20(35-3)11-30-23)25-33-24-19(38-25)9-18(22(28)21(24)27)37-14(2)12-36-26(34)31-15-5-4-6-29-10-15/h4-11,14H,12H2,1-3H3,(H,31,34)/t14-/m0/s1. The predicted molar refractivity (Wildman–Crippen MR) is 144 cm³/mol. The molecule has 38 heavy (non-hydrogen) atoms. The third-order valence-electron chi connectivity index (χ3n) is 5.43. The number of fused-ring (bicyclic) bond motifs is 2. The molecule has 0 unspecified atom stereocenters. The molecule has 0 radical (unpaired) electrons. The lowest BCUT2D eigenvalue weighted by Gasteiger charge is -2.16. The largest absolute Gasteiger partial charge is 0.484 e. The van der Waals surface area contributed by atoms with Crippen LogP contribution in [0.4, 0.5) is 14.9 Å². The fraction of sp³-hybridized carbons (Fsp3) is 0.192. The Morgan fingerprint density at radius 3 is 2.82 bits per heavy atom. The zero-order valence-corrected chi connectivity index (χ0v) is 22.1. The zero-order chi connectivity index (χ0) is 26.8. The van der Waals surface area contributed by atoms with Gasteiger partial charge in [-0.25, -0.2) is 24.1 Å². The molecule has 2 aromatic carbocycles. The van der Waals surface area contributed by atoms with E-state index >= 15 is 4.39 Å². The summed E-state index contributed by atoms with van der Waals surface area (Å²) in [5.41, 5.74) is 3.79. The molecule has 1 N–H and O–H groups in total. The number of benzene rings is 2. The Hall–Kier alpha value is -4.09. The molecular formula is C26H21ClFN5O4S. The lowest BCUT2D eigenvalue weighted by atomic mass is 10.1. The van der Waals surface area contributed by atoms with Gasteiger partial charge in [-0.3, -0.25) is 10.3 Å². The van der Waals surface area contributed by atoms with Crippen LogP contribution < -0.4 is 14.8 Å². The Balaban J connectivity index is 1.38. The summed E-state index contributed by atoms with van der Waals surface area (Å²) in [5.74, 6) is -0.417. The Kier molecular flexibility index (Phi) is 7.21. The topological polar surface area (TPSA) is 108 Å². The number of hydrogen-bond acceptors (Lipinski definition) is 9. The second kappa shape index (κ2) is 10.7. The van der Waals surface area contributed by atoms with Crippen molar-refractivity contribution in [1.82, 2.24) is 19.9 Å². The molecule has 1 atom stereocenters. The van der Waals surface area contributed by atoms with Crippen molar-refractivity contribution in [1.29, 1.82) is 0 Å². The van der Waals surface area contributed by atoms with E-state index in [0.717, 1.165) is 11.1 Å². The van der Waals surface area contributed by atoms with Gasteiger partial charge in [0, 0.05) is 17.8 Å². The summed E-state index contributed by atoms with van der Waals surface area (Å²) in [5, 5.41) is 3.00. The number of nitrogens with one attached hydrogen (secondary N) is 1. The fourth-order valence-corrected chi connectivity index (χ4v) is 5.04. The molecule has 0 saturated carbocycles. The highest BCUT2D eigenvalue weighted by molar-refractivity contribution is 7.21. The van der Waals surface area contributed by atoms with Gasteiger partial charge in [0.2, 0.25) is 5.88 Å². The molecule has 12 heteroatoms. The zero-order valence-electron chi connectivity index (χ0n) is 20.5. The predicted octanol–water partition coefficient (Wildman–Crippen LogP) is 6.43. The number of ether oxygens (including phenoxy) is 3. The van der Waals surface area contributed by atoms with Crippen molar-refractivity contribution in [3.8, 4) is 22.2 Å². The molecule has 5 rings (SSSR count). The van der Waals surface area contributed by atoms with E-state index in [2.05, 4.69) is 25.3 Å². The van der Waals surface area contributed by atoms with Crippen molar-refractivity contribution < 1.29 is 23.4 Å². The highest BCUT2D eigenvalue weighted by Crippen LogP contribution is 2.40. The number of methoxy groups -OCH3 is 1. The van der Waals surface area contributed by atoms with Gasteiger partial charge in [0.25, 0.3) is 0 Å². The van der Waals surface area contributed by atoms with Crippen molar-refractivity contribution in [2.75, 3.05) is 19.0 Å². The maximum absolute atomic E-state index is 15.1. The highest BCUT2D eigenvalue weighted by atomic mass is 35.5. The number of carbonyl (C=O) groups is 1. The van der Waals surface area contributed by atoms with Crippen LogP contribution in [0.25, 0.3) is 31.8 Å². The number of pyridine rings is 1. The van der Waals surface area contributed by atoms with Crippen LogP contribution in [0, 0.1) is 12.7 Å². The van der Waals surface area contributed by atoms with E-state index in [1.165, 1.54) is 36.9 Å². The van der Waals surface area contributed by atoms with Crippen LogP contribution in [-0.2, 0) is 4.74 Å². The van der Waals surface area contributed by atoms with Crippen LogP contribution in [0.3, 0.4) is 0 Å². The van der Waals surface area contributed by atoms with Crippen LogP contribution >= 0.6 is 22.9 Å². The Labute approximate surface area is 225 Å². The fourth-order valence-electron chi connectivity index (χ4n) is 3.73. The number of rotatable bonds is 7. The lowest BCUT2D eigenvalue weighted by Crippen LogP contribution is -2.24. The van der Waals surface area contributed by atoms with E-state index in [0.29, 0.717) is 37.8 Å². The van der Waals surface area contributed by atoms with Crippen molar-refractivity contribution in [2.24, 2.45) is 0 Å². The molecule has 1 amide bonds. The number of halogens is 2. The van der Waals surface area contributed by atoms with Gasteiger partial charge in [-0.1, -0.05) is 11.6 Å². The van der Waals surface area contributed by atoms with Gasteiger partial charge in [0.15, 0.2) is 11.6 Å². The number of aryl methyl sites for hydroxylation is 1. The van der Waals surface area contributed by atoms with Gasteiger partial charge < -0.3 is 14.2 Å². The average molecular weight is 554 g/mol. The number of carbonyl (C=O) groups excluding carboxylic acids is 1. The second-order valence-electron chi connectivity index (χ2n) is 8.35. The number of aromatic nitrogens is 4. The maximum Gasteiger partial charge on any atom is 0.411 e. The summed E-state index contributed by atoms with van der Waals surface area (Å²) in [6, 6.07) is 8.74. The minimum Gasteiger partial charge on any atom is -0.484 e. The van der Waals surface area contributed by atoms with Gasteiger partial charge in [-0.15, -0.1) is 11.3 Å². The number of hydrogen-bond donors (Lipinski definition) is 1. The Bertz CT molecular complexity index is 1650. The van der Waals surface area contributed by atoms with E-state index in [1.807, 2.05) is 19.1 Å². The van der Waals surface area contributed by atoms with Crippen LogP contribution in [0.1, 0.15) is 12.5 Å². The SMILES string of the molecule is COc1cnc2c(-c3nc4c(Cl)c(F)c(O[C@@H](C)COC(=O)Nc5cccnc5)cc4s3)cc(C)cc2n1. The van der Waals surface area contributed by atoms with E-state index in [4.69, 9.17) is 25.8 Å². The quantitative estimate of drug-likeness (QED) is 0.246. The Morgan fingerprint density at radius 1 is 1.21 bits per heavy atom. The van der Waals surface area contributed by atoms with Crippen molar-refractivity contribution in [2.45, 2.75) is 20.0 Å². The van der Waals surface area contributed by atoms with E-state index in [1.54, 1.807) is 25.3 Å². The van der Waals surface area contributed by atoms with Crippen molar-refractivity contribution in [3.63, 3.8) is 0 Å². The maximum atomic E-state index is 15.1. The monoisotopic (exact) mass is 553 g/mol. The summed E-state index contributed by atoms with van der Waals surface area (Å²) in [4.78, 5) is 29.5. The smallest absolute Gasteiger partial charge is 0.411 e. The minimum atomic E-state index is -0.749. The lowest BCUT2D eigenvalue weighted by molar-refractivity contribution is 0.0969. The van der Waals surface area contributed by atoms with Crippen LogP contribution in [0.5, 0.6) is 11.6 Å². The summed E-state index contributed by atoms with van der Waals surface area (Å²) >= 11 is 7.69. The highest BCUT2D eigenvalue weighted by Gasteiger charge is 2.21. The first kappa shape index (κ1) is 25.6. The molecule has 0 spiro atoms. The molecule has 5 aromatic rings.